The van der Waals surface area contributed by atoms with Crippen LogP contribution >= 0.6 is 0 Å². The van der Waals surface area contributed by atoms with E-state index in [9.17, 15) is 10.1 Å². The van der Waals surface area contributed by atoms with Crippen LogP contribution in [-0.4, -0.2) is 19.7 Å². The summed E-state index contributed by atoms with van der Waals surface area (Å²) in [5.74, 6) is 0.250. The molecule has 0 aromatic heterocycles. The molecule has 0 aliphatic rings. The molecule has 1 N–H and O–H groups in total. The number of hydrogen-bond acceptors (Lipinski definition) is 5. The Morgan fingerprint density at radius 3 is 2.38 bits per heavy atom. The molecule has 0 aliphatic heterocycles. The molecule has 2 aromatic rings. The number of anilines is 1. The second-order valence-electron chi connectivity index (χ2n) is 5.22. The summed E-state index contributed by atoms with van der Waals surface area (Å²) in [6.45, 7) is 2.01. The lowest BCUT2D eigenvalue weighted by Gasteiger charge is -2.29. The van der Waals surface area contributed by atoms with Crippen LogP contribution in [0.5, 0.6) is 5.75 Å². The van der Waals surface area contributed by atoms with E-state index in [-0.39, 0.29) is 13.0 Å². The molecule has 1 unspecified atom stereocenters. The molecule has 0 amide bonds. The van der Waals surface area contributed by atoms with Gasteiger partial charge in [-0.3, -0.25) is 4.79 Å². The molecule has 0 bridgehead atoms. The van der Waals surface area contributed by atoms with Crippen molar-refractivity contribution in [2.75, 3.05) is 19.0 Å². The SMILES string of the molecule is CCOC(=O)CC(C#N)(Nc1ccccc1)c1ccc(OC)cc1. The first kappa shape index (κ1) is 17.4. The van der Waals surface area contributed by atoms with E-state index >= 15 is 0 Å². The Morgan fingerprint density at radius 1 is 1.17 bits per heavy atom. The summed E-state index contributed by atoms with van der Waals surface area (Å²) in [6.07, 6.45) is -0.0986. The molecule has 0 radical (unpaired) electrons. The number of nitrogens with one attached hydrogen (secondary N) is 1. The number of nitriles is 1. The molecule has 0 spiro atoms. The maximum Gasteiger partial charge on any atom is 0.309 e. The Kier molecular flexibility index (Phi) is 5.80. The Balaban J connectivity index is 2.41. The molecule has 124 valence electrons. The number of esters is 1. The number of rotatable bonds is 7. The van der Waals surface area contributed by atoms with Crippen LogP contribution in [0.2, 0.25) is 0 Å². The van der Waals surface area contributed by atoms with Crippen LogP contribution in [0.3, 0.4) is 0 Å². The van der Waals surface area contributed by atoms with Crippen molar-refractivity contribution in [3.8, 4) is 11.8 Å². The quantitative estimate of drug-likeness (QED) is 0.790. The summed E-state index contributed by atoms with van der Waals surface area (Å²) in [5, 5.41) is 13.1. The van der Waals surface area contributed by atoms with Crippen molar-refractivity contribution in [3.63, 3.8) is 0 Å². The third-order valence-electron chi connectivity index (χ3n) is 3.62. The van der Waals surface area contributed by atoms with Crippen LogP contribution in [0.15, 0.2) is 54.6 Å². The Labute approximate surface area is 141 Å². The number of carbonyl (C=O) groups is 1. The fourth-order valence-electron chi connectivity index (χ4n) is 2.42. The van der Waals surface area contributed by atoms with Gasteiger partial charge in [0, 0.05) is 5.69 Å². The number of carbonyl (C=O) groups excluding carboxylic acids is 1. The molecule has 5 nitrogen and oxygen atoms in total. The van der Waals surface area contributed by atoms with E-state index in [0.29, 0.717) is 11.3 Å². The zero-order valence-corrected chi connectivity index (χ0v) is 13.8. The van der Waals surface area contributed by atoms with Crippen molar-refractivity contribution in [3.05, 3.63) is 60.2 Å². The van der Waals surface area contributed by atoms with Crippen molar-refractivity contribution >= 4 is 11.7 Å². The number of ether oxygens (including phenoxy) is 2. The van der Waals surface area contributed by atoms with E-state index in [2.05, 4.69) is 11.4 Å². The lowest BCUT2D eigenvalue weighted by atomic mass is 9.87. The van der Waals surface area contributed by atoms with E-state index in [1.54, 1.807) is 38.3 Å². The van der Waals surface area contributed by atoms with Crippen LogP contribution in [0, 0.1) is 11.3 Å². The minimum atomic E-state index is -1.22. The molecule has 0 saturated heterocycles. The maximum absolute atomic E-state index is 12.1. The number of methoxy groups -OCH3 is 1. The minimum Gasteiger partial charge on any atom is -0.497 e. The van der Waals surface area contributed by atoms with Crippen LogP contribution in [0.25, 0.3) is 0 Å². The van der Waals surface area contributed by atoms with Gasteiger partial charge in [0.2, 0.25) is 0 Å². The fraction of sp³-hybridized carbons (Fsp3) is 0.263. The van der Waals surface area contributed by atoms with Crippen LogP contribution in [0.4, 0.5) is 5.69 Å². The normalized spacial score (nSPS) is 12.5. The van der Waals surface area contributed by atoms with Crippen molar-refractivity contribution in [1.29, 1.82) is 5.26 Å². The van der Waals surface area contributed by atoms with Crippen molar-refractivity contribution in [2.24, 2.45) is 0 Å². The lowest BCUT2D eigenvalue weighted by Crippen LogP contribution is -2.37. The topological polar surface area (TPSA) is 71.4 Å². The van der Waals surface area contributed by atoms with E-state index < -0.39 is 11.5 Å². The molecular formula is C19H20N2O3. The monoisotopic (exact) mass is 324 g/mol. The first-order valence-corrected chi connectivity index (χ1v) is 7.68. The number of nitrogens with zero attached hydrogens (tertiary/aromatic N) is 1. The summed E-state index contributed by atoms with van der Waals surface area (Å²) in [5.41, 5.74) is 0.196. The molecule has 24 heavy (non-hydrogen) atoms. The maximum atomic E-state index is 12.1. The van der Waals surface area contributed by atoms with Crippen LogP contribution < -0.4 is 10.1 Å². The number of benzene rings is 2. The summed E-state index contributed by atoms with van der Waals surface area (Å²) >= 11 is 0. The largest absolute Gasteiger partial charge is 0.497 e. The second kappa shape index (κ2) is 8.02. The first-order valence-electron chi connectivity index (χ1n) is 7.68. The first-order chi connectivity index (χ1) is 11.6. The summed E-state index contributed by atoms with van der Waals surface area (Å²) in [4.78, 5) is 12.1. The van der Waals surface area contributed by atoms with Gasteiger partial charge >= 0.3 is 5.97 Å². The summed E-state index contributed by atoms with van der Waals surface area (Å²) in [7, 11) is 1.58. The molecule has 5 heteroatoms. The second-order valence-corrected chi connectivity index (χ2v) is 5.22. The smallest absolute Gasteiger partial charge is 0.309 e. The molecule has 0 heterocycles. The third kappa shape index (κ3) is 4.05. The van der Waals surface area contributed by atoms with Gasteiger partial charge in [-0.05, 0) is 36.8 Å². The zero-order valence-electron chi connectivity index (χ0n) is 13.8. The Bertz CT molecular complexity index is 708. The minimum absolute atomic E-state index is 0.0986. The highest BCUT2D eigenvalue weighted by atomic mass is 16.5. The van der Waals surface area contributed by atoms with Gasteiger partial charge in [0.25, 0.3) is 0 Å². The number of hydrogen-bond donors (Lipinski definition) is 1. The van der Waals surface area contributed by atoms with Gasteiger partial charge < -0.3 is 14.8 Å². The highest BCUT2D eigenvalue weighted by Crippen LogP contribution is 2.31. The molecular weight excluding hydrogens is 304 g/mol. The Hall–Kier alpha value is -3.00. The fourth-order valence-corrected chi connectivity index (χ4v) is 2.42. The third-order valence-corrected chi connectivity index (χ3v) is 3.62. The highest BCUT2D eigenvalue weighted by molar-refractivity contribution is 5.74. The average Bonchev–Trinajstić information content (AvgIpc) is 2.62. The van der Waals surface area contributed by atoms with Gasteiger partial charge in [0.15, 0.2) is 5.54 Å². The standard InChI is InChI=1S/C19H20N2O3/c1-3-24-18(22)13-19(14-20,21-16-7-5-4-6-8-16)15-9-11-17(23-2)12-10-15/h4-12,21H,3,13H2,1-2H3. The van der Waals surface area contributed by atoms with Gasteiger partial charge in [0.05, 0.1) is 26.2 Å². The zero-order chi connectivity index (χ0) is 17.4. The predicted octanol–water partition coefficient (Wildman–Crippen LogP) is 3.48. The van der Waals surface area contributed by atoms with E-state index in [1.165, 1.54) is 0 Å². The van der Waals surface area contributed by atoms with Crippen molar-refractivity contribution < 1.29 is 14.3 Å². The van der Waals surface area contributed by atoms with Gasteiger partial charge in [-0.15, -0.1) is 0 Å². The molecule has 0 fully saturated rings. The molecule has 1 atom stereocenters. The van der Waals surface area contributed by atoms with Crippen LogP contribution in [0.1, 0.15) is 18.9 Å². The number of para-hydroxylation sites is 1. The molecule has 2 aromatic carbocycles. The lowest BCUT2D eigenvalue weighted by molar-refractivity contribution is -0.143. The van der Waals surface area contributed by atoms with E-state index in [4.69, 9.17) is 9.47 Å². The van der Waals surface area contributed by atoms with Crippen molar-refractivity contribution in [2.45, 2.75) is 18.9 Å². The van der Waals surface area contributed by atoms with Gasteiger partial charge in [-0.2, -0.15) is 5.26 Å². The average molecular weight is 324 g/mol. The summed E-state index contributed by atoms with van der Waals surface area (Å²) < 4.78 is 10.2. The van der Waals surface area contributed by atoms with E-state index in [0.717, 1.165) is 5.69 Å². The van der Waals surface area contributed by atoms with Crippen molar-refractivity contribution in [1.82, 2.24) is 0 Å². The van der Waals surface area contributed by atoms with Gasteiger partial charge in [-0.25, -0.2) is 0 Å². The highest BCUT2D eigenvalue weighted by Gasteiger charge is 2.36. The van der Waals surface area contributed by atoms with Gasteiger partial charge in [-0.1, -0.05) is 30.3 Å². The molecule has 0 saturated carbocycles. The molecule has 0 aliphatic carbocycles. The predicted molar refractivity (Wildman–Crippen MR) is 91.6 cm³/mol. The molecule has 2 rings (SSSR count). The van der Waals surface area contributed by atoms with Crippen LogP contribution in [-0.2, 0) is 15.1 Å². The summed E-state index contributed by atoms with van der Waals surface area (Å²) in [6, 6.07) is 18.6. The Morgan fingerprint density at radius 2 is 1.83 bits per heavy atom. The van der Waals surface area contributed by atoms with Gasteiger partial charge in [0.1, 0.15) is 5.75 Å². The van der Waals surface area contributed by atoms with E-state index in [1.807, 2.05) is 30.3 Å².